The zero-order valence-corrected chi connectivity index (χ0v) is 11.1. The molecule has 2 aromatic rings. The van der Waals surface area contributed by atoms with E-state index in [1.165, 1.54) is 54.3 Å². The van der Waals surface area contributed by atoms with Crippen molar-refractivity contribution in [3.8, 4) is 0 Å². The van der Waals surface area contributed by atoms with E-state index in [2.05, 4.69) is 36.2 Å². The quantitative estimate of drug-likeness (QED) is 0.829. The maximum Gasteiger partial charge on any atom is 0.0459 e. The van der Waals surface area contributed by atoms with Crippen LogP contribution in [0.5, 0.6) is 0 Å². The van der Waals surface area contributed by atoms with Crippen LogP contribution >= 0.6 is 0 Å². The predicted octanol–water partition coefficient (Wildman–Crippen LogP) is 3.64. The summed E-state index contributed by atoms with van der Waals surface area (Å²) in [5.74, 6) is 0. The molecule has 18 heavy (non-hydrogen) atoms. The van der Waals surface area contributed by atoms with Crippen LogP contribution in [-0.4, -0.2) is 11.5 Å². The van der Waals surface area contributed by atoms with Crippen molar-refractivity contribution in [2.45, 2.75) is 44.4 Å². The number of aromatic nitrogens is 1. The topological polar surface area (TPSA) is 41.8 Å². The van der Waals surface area contributed by atoms with Gasteiger partial charge in [0.05, 0.1) is 0 Å². The molecule has 1 aliphatic carbocycles. The maximum absolute atomic E-state index is 6.18. The minimum absolute atomic E-state index is 0.210. The molecular weight excluding hydrogens is 220 g/mol. The molecular formula is C16H22N2. The lowest BCUT2D eigenvalue weighted by molar-refractivity contribution is 0.302. The van der Waals surface area contributed by atoms with Gasteiger partial charge in [-0.25, -0.2) is 0 Å². The van der Waals surface area contributed by atoms with Crippen molar-refractivity contribution in [2.24, 2.45) is 5.73 Å². The molecule has 0 spiro atoms. The van der Waals surface area contributed by atoms with E-state index >= 15 is 0 Å². The van der Waals surface area contributed by atoms with Crippen LogP contribution in [0, 0.1) is 6.92 Å². The van der Waals surface area contributed by atoms with Crippen LogP contribution in [0.1, 0.15) is 43.4 Å². The van der Waals surface area contributed by atoms with E-state index in [1.54, 1.807) is 0 Å². The standard InChI is InChI=1S/C16H22N2/c1-12-15(13-7-3-4-8-14(13)18-12)16(11-17)9-5-2-6-10-16/h3-4,7-8,18H,2,5-6,9-11,17H2,1H3. The van der Waals surface area contributed by atoms with Crippen LogP contribution in [0.4, 0.5) is 0 Å². The molecule has 3 rings (SSSR count). The van der Waals surface area contributed by atoms with E-state index in [-0.39, 0.29) is 5.41 Å². The van der Waals surface area contributed by atoms with E-state index in [1.807, 2.05) is 0 Å². The van der Waals surface area contributed by atoms with Crippen LogP contribution in [0.2, 0.25) is 0 Å². The zero-order chi connectivity index (χ0) is 12.6. The Kier molecular flexibility index (Phi) is 2.90. The van der Waals surface area contributed by atoms with Crippen molar-refractivity contribution in [2.75, 3.05) is 6.54 Å². The van der Waals surface area contributed by atoms with Crippen LogP contribution in [0.25, 0.3) is 10.9 Å². The van der Waals surface area contributed by atoms with Crippen molar-refractivity contribution in [1.82, 2.24) is 4.98 Å². The normalized spacial score (nSPS) is 19.2. The molecule has 2 heteroatoms. The number of aryl methyl sites for hydroxylation is 1. The summed E-state index contributed by atoms with van der Waals surface area (Å²) in [6.45, 7) is 2.97. The summed E-state index contributed by atoms with van der Waals surface area (Å²) in [6.07, 6.45) is 6.48. The molecule has 0 aliphatic heterocycles. The first-order valence-electron chi connectivity index (χ1n) is 7.05. The molecule has 3 N–H and O–H groups in total. The fourth-order valence-corrected chi connectivity index (χ4v) is 3.74. The number of rotatable bonds is 2. The highest BCUT2D eigenvalue weighted by Crippen LogP contribution is 2.43. The minimum atomic E-state index is 0.210. The summed E-state index contributed by atoms with van der Waals surface area (Å²) in [6, 6.07) is 8.63. The molecule has 1 aromatic carbocycles. The molecule has 1 heterocycles. The highest BCUT2D eigenvalue weighted by molar-refractivity contribution is 5.85. The molecule has 0 bridgehead atoms. The van der Waals surface area contributed by atoms with E-state index in [4.69, 9.17) is 5.73 Å². The Morgan fingerprint density at radius 3 is 2.61 bits per heavy atom. The van der Waals surface area contributed by atoms with Crippen molar-refractivity contribution in [3.63, 3.8) is 0 Å². The Labute approximate surface area is 109 Å². The predicted molar refractivity (Wildman–Crippen MR) is 76.9 cm³/mol. The molecule has 0 radical (unpaired) electrons. The lowest BCUT2D eigenvalue weighted by atomic mass is 9.68. The second kappa shape index (κ2) is 4.43. The van der Waals surface area contributed by atoms with E-state index < -0.39 is 0 Å². The molecule has 1 saturated carbocycles. The van der Waals surface area contributed by atoms with Crippen molar-refractivity contribution >= 4 is 10.9 Å². The van der Waals surface area contributed by atoms with Crippen molar-refractivity contribution in [3.05, 3.63) is 35.5 Å². The van der Waals surface area contributed by atoms with Gasteiger partial charge in [-0.1, -0.05) is 37.5 Å². The molecule has 1 aromatic heterocycles. The first kappa shape index (κ1) is 11.8. The second-order valence-corrected chi connectivity index (χ2v) is 5.72. The number of benzene rings is 1. The Balaban J connectivity index is 2.19. The van der Waals surface area contributed by atoms with Gasteiger partial charge in [0, 0.05) is 28.6 Å². The molecule has 0 atom stereocenters. The summed E-state index contributed by atoms with van der Waals surface area (Å²) in [4.78, 5) is 3.53. The Bertz CT molecular complexity index is 547. The molecule has 0 saturated heterocycles. The molecule has 1 aliphatic rings. The van der Waals surface area contributed by atoms with Gasteiger partial charge < -0.3 is 10.7 Å². The van der Waals surface area contributed by atoms with Gasteiger partial charge in [0.1, 0.15) is 0 Å². The second-order valence-electron chi connectivity index (χ2n) is 5.72. The number of hydrogen-bond acceptors (Lipinski definition) is 1. The van der Waals surface area contributed by atoms with Gasteiger partial charge in [0.15, 0.2) is 0 Å². The van der Waals surface area contributed by atoms with Crippen LogP contribution in [0.15, 0.2) is 24.3 Å². The lowest BCUT2D eigenvalue weighted by Gasteiger charge is -2.37. The first-order valence-corrected chi connectivity index (χ1v) is 7.05. The van der Waals surface area contributed by atoms with Gasteiger partial charge in [-0.3, -0.25) is 0 Å². The number of aromatic amines is 1. The number of para-hydroxylation sites is 1. The minimum Gasteiger partial charge on any atom is -0.358 e. The number of nitrogens with two attached hydrogens (primary N) is 1. The van der Waals surface area contributed by atoms with Gasteiger partial charge >= 0.3 is 0 Å². The zero-order valence-electron chi connectivity index (χ0n) is 11.1. The van der Waals surface area contributed by atoms with E-state index in [9.17, 15) is 0 Å². The van der Waals surface area contributed by atoms with Gasteiger partial charge in [-0.2, -0.15) is 0 Å². The van der Waals surface area contributed by atoms with Gasteiger partial charge in [-0.05, 0) is 31.4 Å². The van der Waals surface area contributed by atoms with E-state index in [0.717, 1.165) is 6.54 Å². The third kappa shape index (κ3) is 1.67. The Morgan fingerprint density at radius 1 is 1.17 bits per heavy atom. The first-order chi connectivity index (χ1) is 8.77. The van der Waals surface area contributed by atoms with Crippen LogP contribution < -0.4 is 5.73 Å². The van der Waals surface area contributed by atoms with Crippen LogP contribution in [-0.2, 0) is 5.41 Å². The summed E-state index contributed by atoms with van der Waals surface area (Å²) < 4.78 is 0. The van der Waals surface area contributed by atoms with Gasteiger partial charge in [0.25, 0.3) is 0 Å². The maximum atomic E-state index is 6.18. The molecule has 2 nitrogen and oxygen atoms in total. The molecule has 0 unspecified atom stereocenters. The highest BCUT2D eigenvalue weighted by Gasteiger charge is 2.35. The summed E-state index contributed by atoms with van der Waals surface area (Å²) in [5.41, 5.74) is 10.4. The smallest absolute Gasteiger partial charge is 0.0459 e. The monoisotopic (exact) mass is 242 g/mol. The number of nitrogens with one attached hydrogen (secondary N) is 1. The van der Waals surface area contributed by atoms with Crippen LogP contribution in [0.3, 0.4) is 0 Å². The van der Waals surface area contributed by atoms with E-state index in [0.29, 0.717) is 0 Å². The third-order valence-corrected chi connectivity index (χ3v) is 4.63. The summed E-state index contributed by atoms with van der Waals surface area (Å²) in [7, 11) is 0. The molecule has 0 amide bonds. The summed E-state index contributed by atoms with van der Waals surface area (Å²) >= 11 is 0. The van der Waals surface area contributed by atoms with Gasteiger partial charge in [0.2, 0.25) is 0 Å². The van der Waals surface area contributed by atoms with Crippen molar-refractivity contribution < 1.29 is 0 Å². The number of hydrogen-bond donors (Lipinski definition) is 2. The number of fused-ring (bicyclic) bond motifs is 1. The lowest BCUT2D eigenvalue weighted by Crippen LogP contribution is -2.37. The molecule has 1 fully saturated rings. The SMILES string of the molecule is Cc1[nH]c2ccccc2c1C1(CN)CCCCC1. The fourth-order valence-electron chi connectivity index (χ4n) is 3.74. The third-order valence-electron chi connectivity index (χ3n) is 4.63. The highest BCUT2D eigenvalue weighted by atomic mass is 14.7. The molecule has 96 valence electrons. The average Bonchev–Trinajstić information content (AvgIpc) is 2.76. The van der Waals surface area contributed by atoms with Crippen molar-refractivity contribution in [1.29, 1.82) is 0 Å². The Hall–Kier alpha value is -1.28. The fraction of sp³-hybridized carbons (Fsp3) is 0.500. The average molecular weight is 242 g/mol. The van der Waals surface area contributed by atoms with Gasteiger partial charge in [-0.15, -0.1) is 0 Å². The summed E-state index contributed by atoms with van der Waals surface area (Å²) in [5, 5.41) is 1.38. The largest absolute Gasteiger partial charge is 0.358 e. The Morgan fingerprint density at radius 2 is 1.89 bits per heavy atom. The number of H-pyrrole nitrogens is 1.